The largest absolute Gasteiger partial charge is 0.469 e. The summed E-state index contributed by atoms with van der Waals surface area (Å²) in [6, 6.07) is 8.36. The molecule has 1 aromatic heterocycles. The summed E-state index contributed by atoms with van der Waals surface area (Å²) in [7, 11) is -3.64. The van der Waals surface area contributed by atoms with E-state index in [9.17, 15) is 13.2 Å². The first-order valence-electron chi connectivity index (χ1n) is 7.55. The molecule has 24 heavy (non-hydrogen) atoms. The van der Waals surface area contributed by atoms with Crippen LogP contribution < -0.4 is 10.0 Å². The Morgan fingerprint density at radius 3 is 2.96 bits per heavy atom. The molecular formula is C16H18N2O4S2. The molecule has 0 radical (unpaired) electrons. The quantitative estimate of drug-likeness (QED) is 0.849. The van der Waals surface area contributed by atoms with E-state index in [0.717, 1.165) is 10.7 Å². The Kier molecular flexibility index (Phi) is 4.98. The molecule has 128 valence electrons. The Balaban J connectivity index is 1.74. The predicted octanol–water partition coefficient (Wildman–Crippen LogP) is 2.48. The average Bonchev–Trinajstić information content (AvgIpc) is 3.01. The van der Waals surface area contributed by atoms with Gasteiger partial charge in [0.1, 0.15) is 5.76 Å². The highest BCUT2D eigenvalue weighted by Gasteiger charge is 2.22. The Bertz CT molecular complexity index is 832. The minimum Gasteiger partial charge on any atom is -0.469 e. The lowest BCUT2D eigenvalue weighted by atomic mass is 10.2. The molecule has 2 heterocycles. The first-order valence-corrected chi connectivity index (χ1v) is 10.0. The number of nitrogens with one attached hydrogen (secondary N) is 2. The molecule has 6 nitrogen and oxygen atoms in total. The van der Waals surface area contributed by atoms with Crippen LogP contribution in [-0.2, 0) is 21.2 Å². The average molecular weight is 366 g/mol. The van der Waals surface area contributed by atoms with Gasteiger partial charge in [0.2, 0.25) is 15.9 Å². The van der Waals surface area contributed by atoms with E-state index in [0.29, 0.717) is 17.9 Å². The number of fused-ring (bicyclic) bond motifs is 1. The van der Waals surface area contributed by atoms with E-state index in [1.54, 1.807) is 42.3 Å². The molecule has 1 amide bonds. The molecule has 1 aliphatic rings. The van der Waals surface area contributed by atoms with Crippen molar-refractivity contribution >= 4 is 33.4 Å². The number of rotatable bonds is 5. The highest BCUT2D eigenvalue weighted by Crippen LogP contribution is 2.34. The van der Waals surface area contributed by atoms with Crippen molar-refractivity contribution < 1.29 is 17.6 Å². The maximum absolute atomic E-state index is 12.4. The number of carbonyl (C=O) groups is 1. The highest BCUT2D eigenvalue weighted by atomic mass is 32.2. The fourth-order valence-electron chi connectivity index (χ4n) is 2.29. The van der Waals surface area contributed by atoms with E-state index in [4.69, 9.17) is 4.42 Å². The topological polar surface area (TPSA) is 88.4 Å². The summed E-state index contributed by atoms with van der Waals surface area (Å²) in [5, 5.41) is 2.80. The third-order valence-electron chi connectivity index (χ3n) is 3.70. The number of hydrogen-bond donors (Lipinski definition) is 2. The number of furan rings is 1. The fraction of sp³-hybridized carbons (Fsp3) is 0.312. The zero-order valence-electron chi connectivity index (χ0n) is 13.1. The molecule has 2 aromatic rings. The standard InChI is InChI=1S/C16H18N2O4S2/c1-11-10-23-15-5-4-13(9-14(15)18-16(11)19)24(20,21)17-7-6-12-3-2-8-22-12/h2-5,8-9,11,17H,6-7,10H2,1H3,(H,18,19). The molecule has 1 atom stereocenters. The van der Waals surface area contributed by atoms with Crippen molar-refractivity contribution in [2.45, 2.75) is 23.1 Å². The van der Waals surface area contributed by atoms with Gasteiger partial charge < -0.3 is 9.73 Å². The van der Waals surface area contributed by atoms with Gasteiger partial charge in [-0.15, -0.1) is 11.8 Å². The van der Waals surface area contributed by atoms with Crippen molar-refractivity contribution in [3.05, 3.63) is 42.4 Å². The number of sulfonamides is 1. The van der Waals surface area contributed by atoms with Crippen molar-refractivity contribution in [3.8, 4) is 0 Å². The summed E-state index contributed by atoms with van der Waals surface area (Å²) in [5.41, 5.74) is 0.545. The summed E-state index contributed by atoms with van der Waals surface area (Å²) in [5.74, 6) is 1.18. The second-order valence-corrected chi connectivity index (χ2v) is 8.42. The normalized spacial score (nSPS) is 17.9. The van der Waals surface area contributed by atoms with Crippen LogP contribution in [0.5, 0.6) is 0 Å². The molecule has 0 aliphatic carbocycles. The number of benzene rings is 1. The SMILES string of the molecule is CC1CSc2ccc(S(=O)(=O)NCCc3ccco3)cc2NC1=O. The third-order valence-corrected chi connectivity index (χ3v) is 6.49. The molecule has 0 saturated heterocycles. The van der Waals surface area contributed by atoms with E-state index in [1.165, 1.54) is 6.07 Å². The van der Waals surface area contributed by atoms with Gasteiger partial charge in [0.05, 0.1) is 16.8 Å². The molecule has 2 N–H and O–H groups in total. The van der Waals surface area contributed by atoms with Crippen molar-refractivity contribution in [1.82, 2.24) is 4.72 Å². The van der Waals surface area contributed by atoms with Gasteiger partial charge in [-0.3, -0.25) is 4.79 Å². The second kappa shape index (κ2) is 7.00. The molecule has 1 aromatic carbocycles. The van der Waals surface area contributed by atoms with Crippen LogP contribution in [0.1, 0.15) is 12.7 Å². The molecule has 0 spiro atoms. The van der Waals surface area contributed by atoms with E-state index in [2.05, 4.69) is 10.0 Å². The zero-order valence-corrected chi connectivity index (χ0v) is 14.7. The fourth-order valence-corrected chi connectivity index (χ4v) is 4.36. The molecule has 3 rings (SSSR count). The van der Waals surface area contributed by atoms with Crippen LogP contribution in [0.3, 0.4) is 0 Å². The van der Waals surface area contributed by atoms with Crippen molar-refractivity contribution in [3.63, 3.8) is 0 Å². The van der Waals surface area contributed by atoms with Crippen LogP contribution in [-0.4, -0.2) is 26.6 Å². The van der Waals surface area contributed by atoms with Crippen LogP contribution in [0, 0.1) is 5.92 Å². The lowest BCUT2D eigenvalue weighted by Gasteiger charge is -2.10. The molecule has 0 fully saturated rings. The smallest absolute Gasteiger partial charge is 0.240 e. The first-order chi connectivity index (χ1) is 11.5. The minimum atomic E-state index is -3.64. The van der Waals surface area contributed by atoms with Gasteiger partial charge in [0, 0.05) is 29.5 Å². The highest BCUT2D eigenvalue weighted by molar-refractivity contribution is 7.99. The lowest BCUT2D eigenvalue weighted by molar-refractivity contribution is -0.118. The van der Waals surface area contributed by atoms with Gasteiger partial charge in [-0.1, -0.05) is 6.92 Å². The van der Waals surface area contributed by atoms with E-state index < -0.39 is 10.0 Å². The van der Waals surface area contributed by atoms with Gasteiger partial charge in [-0.25, -0.2) is 13.1 Å². The zero-order chi connectivity index (χ0) is 17.2. The van der Waals surface area contributed by atoms with Crippen LogP contribution >= 0.6 is 11.8 Å². The van der Waals surface area contributed by atoms with Crippen LogP contribution in [0.25, 0.3) is 0 Å². The summed E-state index contributed by atoms with van der Waals surface area (Å²) >= 11 is 1.55. The number of thioether (sulfide) groups is 1. The van der Waals surface area contributed by atoms with E-state index >= 15 is 0 Å². The summed E-state index contributed by atoms with van der Waals surface area (Å²) in [4.78, 5) is 13.0. The second-order valence-electron chi connectivity index (χ2n) is 5.59. The molecule has 1 unspecified atom stereocenters. The van der Waals surface area contributed by atoms with Crippen LogP contribution in [0.15, 0.2) is 50.8 Å². The molecular weight excluding hydrogens is 348 g/mol. The molecule has 1 aliphatic heterocycles. The maximum Gasteiger partial charge on any atom is 0.240 e. The molecule has 0 saturated carbocycles. The Labute approximate surface area is 145 Å². The Hall–Kier alpha value is -1.77. The first kappa shape index (κ1) is 17.1. The van der Waals surface area contributed by atoms with Gasteiger partial charge in [0.25, 0.3) is 0 Å². The number of hydrogen-bond acceptors (Lipinski definition) is 5. The Morgan fingerprint density at radius 1 is 1.38 bits per heavy atom. The number of anilines is 1. The summed E-state index contributed by atoms with van der Waals surface area (Å²) in [6.07, 6.45) is 2.03. The molecule has 0 bridgehead atoms. The van der Waals surface area contributed by atoms with Crippen molar-refractivity contribution in [2.75, 3.05) is 17.6 Å². The van der Waals surface area contributed by atoms with Gasteiger partial charge in [0.15, 0.2) is 0 Å². The Morgan fingerprint density at radius 2 is 2.21 bits per heavy atom. The van der Waals surface area contributed by atoms with E-state index in [1.807, 2.05) is 6.92 Å². The van der Waals surface area contributed by atoms with Crippen LogP contribution in [0.2, 0.25) is 0 Å². The van der Waals surface area contributed by atoms with Gasteiger partial charge in [-0.2, -0.15) is 0 Å². The minimum absolute atomic E-state index is 0.0958. The van der Waals surface area contributed by atoms with Crippen molar-refractivity contribution in [1.29, 1.82) is 0 Å². The lowest BCUT2D eigenvalue weighted by Crippen LogP contribution is -2.26. The van der Waals surface area contributed by atoms with E-state index in [-0.39, 0.29) is 23.3 Å². The summed E-state index contributed by atoms with van der Waals surface area (Å²) < 4.78 is 32.6. The summed E-state index contributed by atoms with van der Waals surface area (Å²) in [6.45, 7) is 2.09. The van der Waals surface area contributed by atoms with Gasteiger partial charge >= 0.3 is 0 Å². The van der Waals surface area contributed by atoms with Gasteiger partial charge in [-0.05, 0) is 30.3 Å². The monoisotopic (exact) mass is 366 g/mol. The third kappa shape index (κ3) is 3.82. The number of amides is 1. The van der Waals surface area contributed by atoms with Crippen molar-refractivity contribution in [2.24, 2.45) is 5.92 Å². The molecule has 8 heteroatoms. The predicted molar refractivity (Wildman–Crippen MR) is 92.6 cm³/mol. The maximum atomic E-state index is 12.4. The number of carbonyl (C=O) groups excluding carboxylic acids is 1. The van der Waals surface area contributed by atoms with Crippen LogP contribution in [0.4, 0.5) is 5.69 Å².